The van der Waals surface area contributed by atoms with Crippen LogP contribution >= 0.6 is 0 Å². The molecule has 1 aromatic carbocycles. The van der Waals surface area contributed by atoms with Gasteiger partial charge in [-0.05, 0) is 37.6 Å². The van der Waals surface area contributed by atoms with E-state index in [2.05, 4.69) is 20.5 Å². The van der Waals surface area contributed by atoms with Gasteiger partial charge in [-0.1, -0.05) is 0 Å². The van der Waals surface area contributed by atoms with E-state index in [-0.39, 0.29) is 5.75 Å². The number of nitrogens with two attached hydrogens (primary N) is 1. The molecule has 0 atom stereocenters. The average molecular weight is 302 g/mol. The van der Waals surface area contributed by atoms with Gasteiger partial charge < -0.3 is 14.8 Å². The molecule has 8 heteroatoms. The lowest BCUT2D eigenvalue weighted by atomic mass is 10.3. The number of nitrogens with one attached hydrogen (secondary N) is 2. The highest BCUT2D eigenvalue weighted by Crippen LogP contribution is 2.17. The van der Waals surface area contributed by atoms with Gasteiger partial charge in [0.05, 0.1) is 0 Å². The molecular formula is C13H20F2N4O2. The molecule has 1 rings (SSSR count). The van der Waals surface area contributed by atoms with Crippen LogP contribution in [0, 0.1) is 0 Å². The van der Waals surface area contributed by atoms with Crippen molar-refractivity contribution < 1.29 is 18.3 Å². The molecule has 0 aliphatic heterocycles. The van der Waals surface area contributed by atoms with Crippen molar-refractivity contribution in [3.8, 4) is 5.75 Å². The quantitative estimate of drug-likeness (QED) is 0.225. The van der Waals surface area contributed by atoms with Gasteiger partial charge in [0, 0.05) is 25.4 Å². The Morgan fingerprint density at radius 1 is 1.33 bits per heavy atom. The minimum Gasteiger partial charge on any atom is -0.435 e. The van der Waals surface area contributed by atoms with Crippen LogP contribution in [-0.2, 0) is 4.74 Å². The monoisotopic (exact) mass is 302 g/mol. The first-order chi connectivity index (χ1) is 10.2. The van der Waals surface area contributed by atoms with Gasteiger partial charge in [-0.2, -0.15) is 8.78 Å². The summed E-state index contributed by atoms with van der Waals surface area (Å²) in [5.74, 6) is 5.83. The second-order valence-corrected chi connectivity index (χ2v) is 3.95. The number of anilines is 1. The summed E-state index contributed by atoms with van der Waals surface area (Å²) < 4.78 is 33.5. The number of guanidine groups is 1. The molecule has 0 aliphatic rings. The lowest BCUT2D eigenvalue weighted by molar-refractivity contribution is -0.0498. The number of nitrogens with zero attached hydrogens (tertiary/aromatic N) is 1. The van der Waals surface area contributed by atoms with Crippen LogP contribution < -0.4 is 21.3 Å². The van der Waals surface area contributed by atoms with E-state index >= 15 is 0 Å². The lowest BCUT2D eigenvalue weighted by Crippen LogP contribution is -2.36. The topological polar surface area (TPSA) is 80.9 Å². The molecule has 0 bridgehead atoms. The molecule has 0 aliphatic carbocycles. The van der Waals surface area contributed by atoms with Crippen molar-refractivity contribution in [2.24, 2.45) is 10.8 Å². The lowest BCUT2D eigenvalue weighted by Gasteiger charge is -2.10. The Morgan fingerprint density at radius 2 is 2.05 bits per heavy atom. The number of rotatable bonds is 8. The molecule has 0 spiro atoms. The molecule has 0 saturated heterocycles. The number of hydrogen-bond acceptors (Lipinski definition) is 4. The average Bonchev–Trinajstić information content (AvgIpc) is 2.47. The van der Waals surface area contributed by atoms with Crippen molar-refractivity contribution in [3.63, 3.8) is 0 Å². The zero-order valence-electron chi connectivity index (χ0n) is 11.8. The number of hydrazine groups is 1. The van der Waals surface area contributed by atoms with Crippen LogP contribution in [-0.4, -0.2) is 32.3 Å². The number of halogens is 2. The molecular weight excluding hydrogens is 282 g/mol. The van der Waals surface area contributed by atoms with Crippen molar-refractivity contribution >= 4 is 11.6 Å². The minimum atomic E-state index is -2.84. The summed E-state index contributed by atoms with van der Waals surface area (Å²) in [6, 6.07) is 6.03. The van der Waals surface area contributed by atoms with E-state index in [0.29, 0.717) is 31.4 Å². The van der Waals surface area contributed by atoms with Crippen molar-refractivity contribution in [3.05, 3.63) is 24.3 Å². The molecule has 21 heavy (non-hydrogen) atoms. The molecule has 0 unspecified atom stereocenters. The van der Waals surface area contributed by atoms with Crippen LogP contribution in [0.1, 0.15) is 13.3 Å². The van der Waals surface area contributed by atoms with E-state index in [4.69, 9.17) is 10.6 Å². The Morgan fingerprint density at radius 3 is 2.62 bits per heavy atom. The van der Waals surface area contributed by atoms with Crippen molar-refractivity contribution in [2.45, 2.75) is 20.0 Å². The SMILES string of the molecule is CCOCCCN=C(NN)Nc1ccc(OC(F)F)cc1. The van der Waals surface area contributed by atoms with Crippen LogP contribution in [0.4, 0.5) is 14.5 Å². The number of hydrogen-bond donors (Lipinski definition) is 3. The van der Waals surface area contributed by atoms with Gasteiger partial charge >= 0.3 is 6.61 Å². The minimum absolute atomic E-state index is 0.0893. The third kappa shape index (κ3) is 7.42. The molecule has 6 nitrogen and oxygen atoms in total. The zero-order valence-corrected chi connectivity index (χ0v) is 11.8. The first-order valence-corrected chi connectivity index (χ1v) is 6.56. The first-order valence-electron chi connectivity index (χ1n) is 6.56. The molecule has 1 aromatic rings. The van der Waals surface area contributed by atoms with E-state index in [1.165, 1.54) is 12.1 Å². The van der Waals surface area contributed by atoms with Crippen LogP contribution in [0.25, 0.3) is 0 Å². The van der Waals surface area contributed by atoms with E-state index in [0.717, 1.165) is 6.42 Å². The van der Waals surface area contributed by atoms with Crippen molar-refractivity contribution in [1.29, 1.82) is 0 Å². The largest absolute Gasteiger partial charge is 0.435 e. The first kappa shape index (κ1) is 17.1. The summed E-state index contributed by atoms with van der Waals surface area (Å²) >= 11 is 0. The van der Waals surface area contributed by atoms with E-state index in [1.807, 2.05) is 6.92 Å². The zero-order chi connectivity index (χ0) is 15.5. The van der Waals surface area contributed by atoms with Crippen LogP contribution in [0.2, 0.25) is 0 Å². The Kier molecular flexibility index (Phi) is 8.07. The molecule has 0 heterocycles. The van der Waals surface area contributed by atoms with Gasteiger partial charge in [0.25, 0.3) is 0 Å². The van der Waals surface area contributed by atoms with Crippen LogP contribution in [0.5, 0.6) is 5.75 Å². The summed E-state index contributed by atoms with van der Waals surface area (Å²) in [6.07, 6.45) is 0.780. The third-order valence-electron chi connectivity index (χ3n) is 2.40. The Balaban J connectivity index is 2.46. The molecule has 4 N–H and O–H groups in total. The summed E-state index contributed by atoms with van der Waals surface area (Å²) in [5, 5.41) is 2.93. The fourth-order valence-electron chi connectivity index (χ4n) is 1.48. The van der Waals surface area contributed by atoms with Gasteiger partial charge in [0.15, 0.2) is 0 Å². The predicted octanol–water partition coefficient (Wildman–Crippen LogP) is 1.95. The fourth-order valence-corrected chi connectivity index (χ4v) is 1.48. The second kappa shape index (κ2) is 9.89. The van der Waals surface area contributed by atoms with E-state index in [1.54, 1.807) is 12.1 Å². The summed E-state index contributed by atoms with van der Waals surface area (Å²) in [6.45, 7) is 0.962. The van der Waals surface area contributed by atoms with Crippen LogP contribution in [0.15, 0.2) is 29.3 Å². The Hall–Kier alpha value is -1.93. The molecule has 0 fully saturated rings. The van der Waals surface area contributed by atoms with Gasteiger partial charge in [-0.3, -0.25) is 10.4 Å². The number of aliphatic imine (C=N–C) groups is 1. The third-order valence-corrected chi connectivity index (χ3v) is 2.40. The Bertz CT molecular complexity index is 427. The van der Waals surface area contributed by atoms with Crippen molar-refractivity contribution in [2.75, 3.05) is 25.1 Å². The highest BCUT2D eigenvalue weighted by atomic mass is 19.3. The number of ether oxygens (including phenoxy) is 2. The molecule has 118 valence electrons. The maximum Gasteiger partial charge on any atom is 0.387 e. The molecule has 0 radical (unpaired) electrons. The Labute approximate surface area is 122 Å². The molecule has 0 aromatic heterocycles. The molecule has 0 saturated carbocycles. The maximum absolute atomic E-state index is 12.0. The highest BCUT2D eigenvalue weighted by molar-refractivity contribution is 5.93. The van der Waals surface area contributed by atoms with Gasteiger partial charge in [0.2, 0.25) is 5.96 Å². The van der Waals surface area contributed by atoms with E-state index < -0.39 is 6.61 Å². The maximum atomic E-state index is 12.0. The van der Waals surface area contributed by atoms with Gasteiger partial charge in [-0.25, -0.2) is 5.84 Å². The summed E-state index contributed by atoms with van der Waals surface area (Å²) in [5.41, 5.74) is 3.09. The number of benzene rings is 1. The van der Waals surface area contributed by atoms with E-state index in [9.17, 15) is 8.78 Å². The van der Waals surface area contributed by atoms with Gasteiger partial charge in [-0.15, -0.1) is 0 Å². The van der Waals surface area contributed by atoms with Crippen molar-refractivity contribution in [1.82, 2.24) is 5.43 Å². The normalized spacial score (nSPS) is 11.6. The smallest absolute Gasteiger partial charge is 0.387 e. The standard InChI is InChI=1S/C13H20F2N4O2/c1-2-20-9-3-8-17-13(19-16)18-10-4-6-11(7-5-10)21-12(14)15/h4-7,12H,2-3,8-9,16H2,1H3,(H2,17,18,19). The van der Waals surface area contributed by atoms with Gasteiger partial charge in [0.1, 0.15) is 5.75 Å². The van der Waals surface area contributed by atoms with Crippen LogP contribution in [0.3, 0.4) is 0 Å². The molecule has 0 amide bonds. The number of alkyl halides is 2. The second-order valence-electron chi connectivity index (χ2n) is 3.95. The highest BCUT2D eigenvalue weighted by Gasteiger charge is 2.04. The predicted molar refractivity (Wildman–Crippen MR) is 77.4 cm³/mol. The fraction of sp³-hybridized carbons (Fsp3) is 0.462. The summed E-state index contributed by atoms with van der Waals surface area (Å²) in [7, 11) is 0. The summed E-state index contributed by atoms with van der Waals surface area (Å²) in [4.78, 5) is 4.22.